The summed E-state index contributed by atoms with van der Waals surface area (Å²) in [5.41, 5.74) is 3.44. The minimum Gasteiger partial charge on any atom is -0.478 e. The molecule has 2 aliphatic heterocycles. The number of halogens is 1. The van der Waals surface area contributed by atoms with Crippen molar-refractivity contribution in [3.05, 3.63) is 75.8 Å². The molecule has 2 heterocycles. The van der Waals surface area contributed by atoms with Crippen molar-refractivity contribution in [2.75, 3.05) is 12.3 Å². The summed E-state index contributed by atoms with van der Waals surface area (Å²) in [6.45, 7) is 1.16. The van der Waals surface area contributed by atoms with Gasteiger partial charge in [-0.05, 0) is 35.2 Å². The zero-order valence-corrected chi connectivity index (χ0v) is 16.6. The van der Waals surface area contributed by atoms with E-state index in [1.807, 2.05) is 18.2 Å². The summed E-state index contributed by atoms with van der Waals surface area (Å²) < 4.78 is 0. The topological polar surface area (TPSA) is 69.6 Å². The highest BCUT2D eigenvalue weighted by atomic mass is 35.5. The van der Waals surface area contributed by atoms with Crippen LogP contribution in [-0.4, -0.2) is 40.3 Å². The number of nitrogens with one attached hydrogen (secondary N) is 1. The Labute approximate surface area is 172 Å². The predicted octanol–water partition coefficient (Wildman–Crippen LogP) is 4.02. The van der Waals surface area contributed by atoms with Crippen LogP contribution in [0.5, 0.6) is 0 Å². The number of carboxylic acids is 1. The van der Waals surface area contributed by atoms with Gasteiger partial charge in [0.05, 0.1) is 11.6 Å². The van der Waals surface area contributed by atoms with Crippen molar-refractivity contribution in [2.45, 2.75) is 19.0 Å². The minimum atomic E-state index is -1.01. The van der Waals surface area contributed by atoms with E-state index >= 15 is 0 Å². The Morgan fingerprint density at radius 3 is 2.54 bits per heavy atom. The first-order chi connectivity index (χ1) is 13.5. The molecule has 2 aromatic carbocycles. The summed E-state index contributed by atoms with van der Waals surface area (Å²) in [6.07, 6.45) is 0.806. The van der Waals surface area contributed by atoms with Crippen LogP contribution in [0.25, 0.3) is 4.91 Å². The van der Waals surface area contributed by atoms with Crippen LogP contribution >= 0.6 is 23.4 Å². The Bertz CT molecular complexity index is 958. The molecule has 0 aromatic heterocycles. The average Bonchev–Trinajstić information content (AvgIpc) is 3.12. The largest absolute Gasteiger partial charge is 0.478 e. The summed E-state index contributed by atoms with van der Waals surface area (Å²) in [5.74, 6) is -0.514. The molecule has 0 saturated heterocycles. The molecule has 0 aliphatic carbocycles. The van der Waals surface area contributed by atoms with Crippen molar-refractivity contribution in [1.29, 1.82) is 0 Å². The molecule has 2 aliphatic rings. The summed E-state index contributed by atoms with van der Waals surface area (Å²) in [6, 6.07) is 14.4. The fourth-order valence-corrected chi connectivity index (χ4v) is 4.99. The quantitative estimate of drug-likeness (QED) is 0.795. The van der Waals surface area contributed by atoms with Gasteiger partial charge in [0.2, 0.25) is 0 Å². The van der Waals surface area contributed by atoms with Crippen LogP contribution in [-0.2, 0) is 17.8 Å². The predicted molar refractivity (Wildman–Crippen MR) is 111 cm³/mol. The number of hydrogen-bond acceptors (Lipinski definition) is 3. The van der Waals surface area contributed by atoms with Gasteiger partial charge in [-0.15, -0.1) is 11.8 Å². The first-order valence-electron chi connectivity index (χ1n) is 9.01. The SMILES string of the molecule is O=C(O)C1=C(c2ccc(Cl)cc2)SCC1NC(=O)N1CCc2ccccc2C1. The van der Waals surface area contributed by atoms with E-state index in [1.165, 1.54) is 17.3 Å². The number of aliphatic carboxylic acids is 1. The maximum Gasteiger partial charge on any atom is 0.334 e. The maximum absolute atomic E-state index is 12.8. The van der Waals surface area contributed by atoms with Gasteiger partial charge < -0.3 is 15.3 Å². The molecule has 0 bridgehead atoms. The lowest BCUT2D eigenvalue weighted by molar-refractivity contribution is -0.132. The molecule has 7 heteroatoms. The van der Waals surface area contributed by atoms with E-state index in [4.69, 9.17) is 11.6 Å². The lowest BCUT2D eigenvalue weighted by atomic mass is 10.0. The number of carbonyl (C=O) groups excluding carboxylic acids is 1. The average molecular weight is 415 g/mol. The lowest BCUT2D eigenvalue weighted by Gasteiger charge is -2.30. The Kier molecular flexibility index (Phi) is 5.33. The van der Waals surface area contributed by atoms with E-state index in [9.17, 15) is 14.7 Å². The van der Waals surface area contributed by atoms with Crippen molar-refractivity contribution in [3.8, 4) is 0 Å². The third-order valence-electron chi connectivity index (χ3n) is 5.04. The number of carbonyl (C=O) groups is 2. The minimum absolute atomic E-state index is 0.226. The number of nitrogens with zero attached hydrogens (tertiary/aromatic N) is 1. The molecule has 1 unspecified atom stereocenters. The number of amides is 2. The highest BCUT2D eigenvalue weighted by molar-refractivity contribution is 8.08. The van der Waals surface area contributed by atoms with Crippen LogP contribution in [0.1, 0.15) is 16.7 Å². The van der Waals surface area contributed by atoms with Crippen LogP contribution in [0.2, 0.25) is 5.02 Å². The third kappa shape index (κ3) is 3.75. The van der Waals surface area contributed by atoms with Gasteiger partial charge in [-0.25, -0.2) is 9.59 Å². The van der Waals surface area contributed by atoms with E-state index in [0.717, 1.165) is 17.5 Å². The van der Waals surface area contributed by atoms with Crippen LogP contribution in [0.4, 0.5) is 4.79 Å². The van der Waals surface area contributed by atoms with Crippen molar-refractivity contribution in [3.63, 3.8) is 0 Å². The molecule has 0 fully saturated rings. The number of carboxylic acid groups (broad SMARTS) is 1. The molecule has 2 N–H and O–H groups in total. The first-order valence-corrected chi connectivity index (χ1v) is 10.4. The van der Waals surface area contributed by atoms with Gasteiger partial charge in [0.15, 0.2) is 0 Å². The summed E-state index contributed by atoms with van der Waals surface area (Å²) in [4.78, 5) is 27.1. The number of thioether (sulfide) groups is 1. The molecule has 28 heavy (non-hydrogen) atoms. The van der Waals surface area contributed by atoms with E-state index in [2.05, 4.69) is 11.4 Å². The third-order valence-corrected chi connectivity index (χ3v) is 6.54. The van der Waals surface area contributed by atoms with E-state index in [-0.39, 0.29) is 11.6 Å². The molecule has 144 valence electrons. The molecule has 0 saturated carbocycles. The Balaban J connectivity index is 1.52. The molecule has 4 rings (SSSR count). The summed E-state index contributed by atoms with van der Waals surface area (Å²) in [7, 11) is 0. The summed E-state index contributed by atoms with van der Waals surface area (Å²) >= 11 is 7.38. The molecular weight excluding hydrogens is 396 g/mol. The van der Waals surface area contributed by atoms with Gasteiger partial charge in [-0.1, -0.05) is 48.0 Å². The number of fused-ring (bicyclic) bond motifs is 1. The van der Waals surface area contributed by atoms with Crippen molar-refractivity contribution in [1.82, 2.24) is 10.2 Å². The highest BCUT2D eigenvalue weighted by Gasteiger charge is 2.34. The number of benzene rings is 2. The van der Waals surface area contributed by atoms with Gasteiger partial charge in [0, 0.05) is 28.8 Å². The van der Waals surface area contributed by atoms with Crippen molar-refractivity contribution < 1.29 is 14.7 Å². The van der Waals surface area contributed by atoms with Crippen LogP contribution in [0.15, 0.2) is 54.1 Å². The monoisotopic (exact) mass is 414 g/mol. The second-order valence-electron chi connectivity index (χ2n) is 6.81. The number of urea groups is 1. The molecule has 5 nitrogen and oxygen atoms in total. The molecule has 2 amide bonds. The van der Waals surface area contributed by atoms with E-state index in [0.29, 0.717) is 28.8 Å². The number of hydrogen-bond donors (Lipinski definition) is 2. The van der Waals surface area contributed by atoms with Gasteiger partial charge in [0.25, 0.3) is 0 Å². The smallest absolute Gasteiger partial charge is 0.334 e. The molecular formula is C21H19ClN2O3S. The zero-order valence-electron chi connectivity index (χ0n) is 15.0. The second-order valence-corrected chi connectivity index (χ2v) is 8.27. The number of rotatable bonds is 3. The van der Waals surface area contributed by atoms with E-state index < -0.39 is 12.0 Å². The normalized spacial score (nSPS) is 18.8. The summed E-state index contributed by atoms with van der Waals surface area (Å²) in [5, 5.41) is 13.3. The van der Waals surface area contributed by atoms with Gasteiger partial charge in [-0.3, -0.25) is 0 Å². The van der Waals surface area contributed by atoms with Crippen LogP contribution in [0.3, 0.4) is 0 Å². The molecule has 0 spiro atoms. The fraction of sp³-hybridized carbons (Fsp3) is 0.238. The second kappa shape index (κ2) is 7.89. The van der Waals surface area contributed by atoms with Crippen molar-refractivity contribution in [2.24, 2.45) is 0 Å². The fourth-order valence-electron chi connectivity index (χ4n) is 3.60. The molecule has 2 aromatic rings. The standard InChI is InChI=1S/C21H19ClN2O3S/c22-16-7-5-14(6-8-16)19-18(20(25)26)17(12-28-19)23-21(27)24-10-9-13-3-1-2-4-15(13)11-24/h1-8,17H,9-12H2,(H,23,27)(H,25,26). The Hall–Kier alpha value is -2.44. The molecule has 1 atom stereocenters. The van der Waals surface area contributed by atoms with Gasteiger partial charge in [0.1, 0.15) is 0 Å². The van der Waals surface area contributed by atoms with E-state index in [1.54, 1.807) is 29.2 Å². The molecule has 0 radical (unpaired) electrons. The highest BCUT2D eigenvalue weighted by Crippen LogP contribution is 2.40. The zero-order chi connectivity index (χ0) is 19.7. The van der Waals surface area contributed by atoms with Crippen molar-refractivity contribution >= 4 is 40.3 Å². The Morgan fingerprint density at radius 1 is 1.11 bits per heavy atom. The van der Waals surface area contributed by atoms with Crippen LogP contribution < -0.4 is 5.32 Å². The lowest BCUT2D eigenvalue weighted by Crippen LogP contribution is -2.48. The maximum atomic E-state index is 12.8. The van der Waals surface area contributed by atoms with Gasteiger partial charge >= 0.3 is 12.0 Å². The Morgan fingerprint density at radius 2 is 1.82 bits per heavy atom. The first kappa shape index (κ1) is 18.9. The van der Waals surface area contributed by atoms with Crippen LogP contribution in [0, 0.1) is 0 Å². The van der Waals surface area contributed by atoms with Gasteiger partial charge in [-0.2, -0.15) is 0 Å².